The van der Waals surface area contributed by atoms with Gasteiger partial charge >= 0.3 is 0 Å². The first-order valence-corrected chi connectivity index (χ1v) is 27.3. The largest absolute Gasteiger partial charge is 0.394 e. The van der Waals surface area contributed by atoms with Crippen molar-refractivity contribution in [3.8, 4) is 0 Å². The molecule has 5 heteroatoms. The Morgan fingerprint density at radius 3 is 1.00 bits per heavy atom. The van der Waals surface area contributed by atoms with Gasteiger partial charge < -0.3 is 20.6 Å². The lowest BCUT2D eigenvalue weighted by Crippen LogP contribution is -2.50. The first kappa shape index (κ1) is 59.6. The highest BCUT2D eigenvalue weighted by Crippen LogP contribution is 2.16. The van der Waals surface area contributed by atoms with Crippen molar-refractivity contribution < 1.29 is 20.1 Å². The summed E-state index contributed by atoms with van der Waals surface area (Å²) < 4.78 is 0. The van der Waals surface area contributed by atoms with Crippen LogP contribution in [0.15, 0.2) is 36.5 Å². The van der Waals surface area contributed by atoms with Gasteiger partial charge in [0.1, 0.15) is 6.10 Å². The molecule has 0 aliphatic carbocycles. The van der Waals surface area contributed by atoms with Crippen LogP contribution in [0.2, 0.25) is 0 Å². The van der Waals surface area contributed by atoms with Crippen LogP contribution in [0.1, 0.15) is 290 Å². The third-order valence-electron chi connectivity index (χ3n) is 12.7. The number of rotatable bonds is 50. The maximum absolute atomic E-state index is 12.5. The fourth-order valence-electron chi connectivity index (χ4n) is 8.47. The van der Waals surface area contributed by atoms with E-state index in [0.29, 0.717) is 12.8 Å². The van der Waals surface area contributed by atoms with Gasteiger partial charge in [-0.3, -0.25) is 4.79 Å². The van der Waals surface area contributed by atoms with E-state index < -0.39 is 18.2 Å². The fourth-order valence-corrected chi connectivity index (χ4v) is 8.47. The monoisotopic (exact) mass is 858 g/mol. The van der Waals surface area contributed by atoms with Crippen molar-refractivity contribution in [1.29, 1.82) is 0 Å². The molecule has 0 radical (unpaired) electrons. The Labute approximate surface area is 381 Å². The molecular formula is C56H107NO4. The number of nitrogens with one attached hydrogen (secondary N) is 1. The maximum atomic E-state index is 12.5. The van der Waals surface area contributed by atoms with Gasteiger partial charge in [-0.05, 0) is 77.0 Å². The van der Waals surface area contributed by atoms with Crippen molar-refractivity contribution in [2.24, 2.45) is 0 Å². The molecule has 0 aromatic rings. The average Bonchev–Trinajstić information content (AvgIpc) is 3.26. The molecule has 1 amide bonds. The van der Waals surface area contributed by atoms with Gasteiger partial charge in [-0.25, -0.2) is 0 Å². The van der Waals surface area contributed by atoms with Gasteiger partial charge in [0.05, 0.1) is 18.8 Å². The zero-order valence-corrected chi connectivity index (χ0v) is 41.1. The molecular weight excluding hydrogens is 751 g/mol. The van der Waals surface area contributed by atoms with E-state index in [-0.39, 0.29) is 12.5 Å². The third kappa shape index (κ3) is 46.4. The SMILES string of the molecule is CCCCCCCCCCCCCC/C=C\CCCCCCCCCCC(=O)NC(CO)C(O)C(O)CCC/C=C/CC/C=C/CCCCCCCCCCCCCCCC. The highest BCUT2D eigenvalue weighted by molar-refractivity contribution is 5.76. The lowest BCUT2D eigenvalue weighted by atomic mass is 10.0. The van der Waals surface area contributed by atoms with E-state index >= 15 is 0 Å². The summed E-state index contributed by atoms with van der Waals surface area (Å²) in [7, 11) is 0. The summed E-state index contributed by atoms with van der Waals surface area (Å²) in [5.41, 5.74) is 0. The Morgan fingerprint density at radius 2 is 0.672 bits per heavy atom. The van der Waals surface area contributed by atoms with Crippen LogP contribution in [-0.2, 0) is 4.79 Å². The van der Waals surface area contributed by atoms with Gasteiger partial charge in [0.25, 0.3) is 0 Å². The molecule has 0 aliphatic rings. The number of carbonyl (C=O) groups is 1. The first-order valence-electron chi connectivity index (χ1n) is 27.3. The number of amides is 1. The highest BCUT2D eigenvalue weighted by Gasteiger charge is 2.26. The molecule has 4 N–H and O–H groups in total. The van der Waals surface area contributed by atoms with E-state index in [9.17, 15) is 20.1 Å². The van der Waals surface area contributed by atoms with Crippen LogP contribution in [0, 0.1) is 0 Å². The van der Waals surface area contributed by atoms with E-state index in [1.54, 1.807) is 0 Å². The molecule has 0 bridgehead atoms. The average molecular weight is 858 g/mol. The van der Waals surface area contributed by atoms with Crippen LogP contribution < -0.4 is 5.32 Å². The summed E-state index contributed by atoms with van der Waals surface area (Å²) in [6.07, 6.45) is 65.8. The Kier molecular flexibility index (Phi) is 50.0. The minimum absolute atomic E-state index is 0.159. The van der Waals surface area contributed by atoms with E-state index in [4.69, 9.17) is 0 Å². The molecule has 360 valence electrons. The molecule has 0 rings (SSSR count). The van der Waals surface area contributed by atoms with Gasteiger partial charge in [-0.15, -0.1) is 0 Å². The minimum Gasteiger partial charge on any atom is -0.394 e. The number of carbonyl (C=O) groups excluding carboxylic acids is 1. The standard InChI is InChI=1S/C56H107NO4/c1-3-5-7-9-11-13-15-17-19-21-23-25-27-29-31-33-35-37-39-41-43-45-47-49-51-55(60)57-53(52-58)56(61)54(59)50-48-46-44-42-40-38-36-34-32-30-28-26-24-22-20-18-16-14-12-10-8-6-4-2/h29,31,34,36,42,44,53-54,56,58-59,61H,3-28,30,32-33,35,37-41,43,45-52H2,1-2H3,(H,57,60)/b31-29-,36-34+,44-42+. The fraction of sp³-hybridized carbons (Fsp3) is 0.875. The Balaban J connectivity index is 3.62. The van der Waals surface area contributed by atoms with E-state index in [1.165, 1.54) is 218 Å². The number of unbranched alkanes of at least 4 members (excludes halogenated alkanes) is 36. The second-order valence-corrected chi connectivity index (χ2v) is 18.8. The number of aliphatic hydroxyl groups excluding tert-OH is 3. The molecule has 5 nitrogen and oxygen atoms in total. The van der Waals surface area contributed by atoms with Crippen LogP contribution in [0.4, 0.5) is 0 Å². The molecule has 0 saturated carbocycles. The van der Waals surface area contributed by atoms with Crippen LogP contribution >= 0.6 is 0 Å². The third-order valence-corrected chi connectivity index (χ3v) is 12.7. The van der Waals surface area contributed by atoms with Crippen LogP contribution in [0.5, 0.6) is 0 Å². The summed E-state index contributed by atoms with van der Waals surface area (Å²) in [4.78, 5) is 12.5. The zero-order chi connectivity index (χ0) is 44.4. The van der Waals surface area contributed by atoms with Crippen molar-refractivity contribution in [3.05, 3.63) is 36.5 Å². The molecule has 0 aromatic carbocycles. The van der Waals surface area contributed by atoms with Gasteiger partial charge in [-0.1, -0.05) is 243 Å². The van der Waals surface area contributed by atoms with Gasteiger partial charge in [0, 0.05) is 6.42 Å². The topological polar surface area (TPSA) is 89.8 Å². The Hall–Kier alpha value is -1.43. The molecule has 0 heterocycles. The number of aliphatic hydroxyl groups is 3. The van der Waals surface area contributed by atoms with Gasteiger partial charge in [0.2, 0.25) is 5.91 Å². The molecule has 3 atom stereocenters. The van der Waals surface area contributed by atoms with Crippen molar-refractivity contribution in [1.82, 2.24) is 5.32 Å². The molecule has 0 spiro atoms. The van der Waals surface area contributed by atoms with E-state index in [0.717, 1.165) is 44.9 Å². The summed E-state index contributed by atoms with van der Waals surface area (Å²) >= 11 is 0. The summed E-state index contributed by atoms with van der Waals surface area (Å²) in [5.74, 6) is -0.159. The predicted molar refractivity (Wildman–Crippen MR) is 268 cm³/mol. The van der Waals surface area contributed by atoms with Crippen LogP contribution in [-0.4, -0.2) is 46.1 Å². The van der Waals surface area contributed by atoms with Crippen LogP contribution in [0.3, 0.4) is 0 Å². The molecule has 0 saturated heterocycles. The molecule has 3 unspecified atom stereocenters. The highest BCUT2D eigenvalue weighted by atomic mass is 16.3. The lowest BCUT2D eigenvalue weighted by Gasteiger charge is -2.26. The first-order chi connectivity index (χ1) is 30.1. The Morgan fingerprint density at radius 1 is 0.393 bits per heavy atom. The molecule has 61 heavy (non-hydrogen) atoms. The number of allylic oxidation sites excluding steroid dienone is 6. The molecule has 0 aliphatic heterocycles. The number of hydrogen-bond donors (Lipinski definition) is 4. The van der Waals surface area contributed by atoms with Crippen molar-refractivity contribution in [2.75, 3.05) is 6.61 Å². The van der Waals surface area contributed by atoms with E-state index in [2.05, 4.69) is 55.6 Å². The van der Waals surface area contributed by atoms with E-state index in [1.807, 2.05) is 0 Å². The summed E-state index contributed by atoms with van der Waals surface area (Å²) in [6, 6.07) is -0.835. The second kappa shape index (κ2) is 51.2. The minimum atomic E-state index is -1.17. The zero-order valence-electron chi connectivity index (χ0n) is 41.1. The van der Waals surface area contributed by atoms with Crippen molar-refractivity contribution in [2.45, 2.75) is 308 Å². The quantitative estimate of drug-likeness (QED) is 0.0362. The van der Waals surface area contributed by atoms with Gasteiger partial charge in [0.15, 0.2) is 0 Å². The van der Waals surface area contributed by atoms with Crippen molar-refractivity contribution >= 4 is 5.91 Å². The smallest absolute Gasteiger partial charge is 0.220 e. The predicted octanol–water partition coefficient (Wildman–Crippen LogP) is 16.7. The normalized spacial score (nSPS) is 13.6. The lowest BCUT2D eigenvalue weighted by molar-refractivity contribution is -0.124. The summed E-state index contributed by atoms with van der Waals surface area (Å²) in [5, 5.41) is 33.7. The molecule has 0 fully saturated rings. The van der Waals surface area contributed by atoms with Gasteiger partial charge in [-0.2, -0.15) is 0 Å². The van der Waals surface area contributed by atoms with Crippen LogP contribution in [0.25, 0.3) is 0 Å². The second-order valence-electron chi connectivity index (χ2n) is 18.8. The maximum Gasteiger partial charge on any atom is 0.220 e. The number of hydrogen-bond acceptors (Lipinski definition) is 4. The Bertz CT molecular complexity index is 947. The van der Waals surface area contributed by atoms with Crippen molar-refractivity contribution in [3.63, 3.8) is 0 Å². The summed E-state index contributed by atoms with van der Waals surface area (Å²) in [6.45, 7) is 4.19. The molecule has 0 aromatic heterocycles.